The lowest BCUT2D eigenvalue weighted by Crippen LogP contribution is -2.41. The van der Waals surface area contributed by atoms with E-state index in [0.29, 0.717) is 13.1 Å². The number of sulfonamides is 2. The molecule has 2 aromatic rings. The topological polar surface area (TPSA) is 86.8 Å². The lowest BCUT2D eigenvalue weighted by Gasteiger charge is -2.25. The van der Waals surface area contributed by atoms with Crippen LogP contribution in [-0.2, 0) is 20.0 Å². The van der Waals surface area contributed by atoms with Crippen molar-refractivity contribution in [3.05, 3.63) is 59.7 Å². The Morgan fingerprint density at radius 2 is 0.966 bits per heavy atom. The van der Waals surface area contributed by atoms with Crippen LogP contribution >= 0.6 is 0 Å². The summed E-state index contributed by atoms with van der Waals surface area (Å²) in [5.41, 5.74) is 1.95. The van der Waals surface area contributed by atoms with Crippen molar-refractivity contribution < 1.29 is 16.8 Å². The van der Waals surface area contributed by atoms with Gasteiger partial charge in [-0.2, -0.15) is 8.61 Å². The molecule has 0 aliphatic carbocycles. The molecule has 7 nitrogen and oxygen atoms in total. The molecule has 0 radical (unpaired) electrons. The number of nitrogens with zero attached hydrogens (tertiary/aromatic N) is 2. The number of nitrogens with one attached hydrogen (secondary N) is 1. The average Bonchev–Trinajstić information content (AvgIpc) is 2.81. The molecular formula is C20H27N3O4S2. The summed E-state index contributed by atoms with van der Waals surface area (Å²) in [6.07, 6.45) is 0. The molecule has 0 amide bonds. The van der Waals surface area contributed by atoms with Gasteiger partial charge in [-0.05, 0) is 38.1 Å². The number of hydrogen-bond donors (Lipinski definition) is 1. The predicted molar refractivity (Wildman–Crippen MR) is 113 cm³/mol. The standard InChI is InChI=1S/C20H27N3O4S2/c1-17-3-7-19(8-4-17)28(24,25)22-13-11-21-12-14-23(16-15-22)29(26,27)20-9-5-18(2)6-10-20/h3-10,21H,11-16H2,1-2H3. The molecule has 0 spiro atoms. The third-order valence-corrected chi connectivity index (χ3v) is 8.82. The third kappa shape index (κ3) is 5.04. The summed E-state index contributed by atoms with van der Waals surface area (Å²) < 4.78 is 55.0. The molecule has 0 saturated carbocycles. The minimum absolute atomic E-state index is 0.100. The van der Waals surface area contributed by atoms with E-state index in [1.807, 2.05) is 13.8 Å². The van der Waals surface area contributed by atoms with Gasteiger partial charge in [-0.15, -0.1) is 0 Å². The van der Waals surface area contributed by atoms with Crippen molar-refractivity contribution in [3.63, 3.8) is 0 Å². The van der Waals surface area contributed by atoms with E-state index in [1.54, 1.807) is 48.5 Å². The first-order chi connectivity index (χ1) is 13.7. The molecule has 1 aliphatic heterocycles. The lowest BCUT2D eigenvalue weighted by atomic mass is 10.2. The van der Waals surface area contributed by atoms with Crippen LogP contribution in [0, 0.1) is 13.8 Å². The highest BCUT2D eigenvalue weighted by Crippen LogP contribution is 2.19. The van der Waals surface area contributed by atoms with Gasteiger partial charge in [0.25, 0.3) is 0 Å². The molecule has 1 N–H and O–H groups in total. The second kappa shape index (κ2) is 8.93. The van der Waals surface area contributed by atoms with Gasteiger partial charge in [0.1, 0.15) is 0 Å². The van der Waals surface area contributed by atoms with Crippen LogP contribution in [-0.4, -0.2) is 64.7 Å². The van der Waals surface area contributed by atoms with Crippen LogP contribution in [0.3, 0.4) is 0 Å². The fourth-order valence-electron chi connectivity index (χ4n) is 3.18. The van der Waals surface area contributed by atoms with E-state index in [0.717, 1.165) is 11.1 Å². The van der Waals surface area contributed by atoms with Crippen molar-refractivity contribution in [3.8, 4) is 0 Å². The summed E-state index contributed by atoms with van der Waals surface area (Å²) in [4.78, 5) is 0.436. The number of benzene rings is 2. The van der Waals surface area contributed by atoms with Gasteiger partial charge in [-0.25, -0.2) is 16.8 Å². The third-order valence-electron chi connectivity index (χ3n) is 4.99. The Balaban J connectivity index is 1.84. The van der Waals surface area contributed by atoms with Crippen molar-refractivity contribution in [1.29, 1.82) is 0 Å². The Hall–Kier alpha value is -1.78. The van der Waals surface area contributed by atoms with Crippen LogP contribution in [0.4, 0.5) is 0 Å². The Labute approximate surface area is 173 Å². The van der Waals surface area contributed by atoms with E-state index in [1.165, 1.54) is 8.61 Å². The average molecular weight is 438 g/mol. The second-order valence-electron chi connectivity index (χ2n) is 7.18. The van der Waals surface area contributed by atoms with Gasteiger partial charge in [0.2, 0.25) is 20.0 Å². The highest BCUT2D eigenvalue weighted by atomic mass is 32.2. The van der Waals surface area contributed by atoms with Crippen LogP contribution in [0.15, 0.2) is 58.3 Å². The predicted octanol–water partition coefficient (Wildman–Crippen LogP) is 1.59. The first-order valence-corrected chi connectivity index (χ1v) is 12.4. The highest BCUT2D eigenvalue weighted by Gasteiger charge is 2.29. The van der Waals surface area contributed by atoms with Crippen molar-refractivity contribution in [2.75, 3.05) is 39.3 Å². The fourth-order valence-corrected chi connectivity index (χ4v) is 6.04. The first kappa shape index (κ1) is 21.9. The van der Waals surface area contributed by atoms with E-state index >= 15 is 0 Å². The maximum absolute atomic E-state index is 13.1. The van der Waals surface area contributed by atoms with E-state index < -0.39 is 20.0 Å². The van der Waals surface area contributed by atoms with Crippen LogP contribution in [0.1, 0.15) is 11.1 Å². The molecule has 158 valence electrons. The SMILES string of the molecule is Cc1ccc(S(=O)(=O)N2CCNCCN(S(=O)(=O)c3ccc(C)cc3)CC2)cc1. The molecule has 9 heteroatoms. The van der Waals surface area contributed by atoms with Crippen molar-refractivity contribution in [2.45, 2.75) is 23.6 Å². The Morgan fingerprint density at radius 1 is 0.621 bits per heavy atom. The van der Waals surface area contributed by atoms with Gasteiger partial charge in [0, 0.05) is 39.3 Å². The number of rotatable bonds is 4. The summed E-state index contributed by atoms with van der Waals surface area (Å²) in [5, 5.41) is 3.14. The van der Waals surface area contributed by atoms with E-state index in [-0.39, 0.29) is 36.0 Å². The molecule has 1 aliphatic rings. The Morgan fingerprint density at radius 3 is 1.31 bits per heavy atom. The molecule has 1 heterocycles. The lowest BCUT2D eigenvalue weighted by molar-refractivity contribution is 0.365. The van der Waals surface area contributed by atoms with Gasteiger partial charge in [-0.1, -0.05) is 35.4 Å². The van der Waals surface area contributed by atoms with E-state index in [9.17, 15) is 16.8 Å². The zero-order valence-corrected chi connectivity index (χ0v) is 18.3. The first-order valence-electron chi connectivity index (χ1n) is 9.55. The quantitative estimate of drug-likeness (QED) is 0.785. The molecule has 1 saturated heterocycles. The summed E-state index contributed by atoms with van der Waals surface area (Å²) in [6, 6.07) is 13.4. The van der Waals surface area contributed by atoms with Gasteiger partial charge in [-0.3, -0.25) is 0 Å². The van der Waals surface area contributed by atoms with Crippen molar-refractivity contribution in [2.24, 2.45) is 0 Å². The zero-order valence-electron chi connectivity index (χ0n) is 16.7. The molecule has 0 atom stereocenters. The summed E-state index contributed by atoms with van der Waals surface area (Å²) in [6.45, 7) is 5.49. The molecular weight excluding hydrogens is 410 g/mol. The fraction of sp³-hybridized carbons (Fsp3) is 0.400. The van der Waals surface area contributed by atoms with Crippen molar-refractivity contribution >= 4 is 20.0 Å². The van der Waals surface area contributed by atoms with E-state index in [4.69, 9.17) is 0 Å². The second-order valence-corrected chi connectivity index (χ2v) is 11.1. The van der Waals surface area contributed by atoms with Crippen LogP contribution < -0.4 is 5.32 Å². The maximum Gasteiger partial charge on any atom is 0.243 e. The minimum atomic E-state index is -3.70. The van der Waals surface area contributed by atoms with Crippen molar-refractivity contribution in [1.82, 2.24) is 13.9 Å². The molecule has 0 unspecified atom stereocenters. The largest absolute Gasteiger partial charge is 0.314 e. The molecule has 1 fully saturated rings. The molecule has 0 aromatic heterocycles. The summed E-state index contributed by atoms with van der Waals surface area (Å²) in [5.74, 6) is 0. The maximum atomic E-state index is 13.1. The number of hydrogen-bond acceptors (Lipinski definition) is 5. The molecule has 29 heavy (non-hydrogen) atoms. The summed E-state index contributed by atoms with van der Waals surface area (Å²) in [7, 11) is -7.40. The Kier molecular flexibility index (Phi) is 6.75. The molecule has 3 rings (SSSR count). The van der Waals surface area contributed by atoms with Gasteiger partial charge in [0.15, 0.2) is 0 Å². The normalized spacial score (nSPS) is 18.0. The van der Waals surface area contributed by atoms with Gasteiger partial charge >= 0.3 is 0 Å². The highest BCUT2D eigenvalue weighted by molar-refractivity contribution is 7.89. The van der Waals surface area contributed by atoms with Gasteiger partial charge < -0.3 is 5.32 Å². The monoisotopic (exact) mass is 437 g/mol. The van der Waals surface area contributed by atoms with E-state index in [2.05, 4.69) is 5.32 Å². The van der Waals surface area contributed by atoms with Crippen LogP contribution in [0.25, 0.3) is 0 Å². The smallest absolute Gasteiger partial charge is 0.243 e. The molecule has 2 aromatic carbocycles. The summed E-state index contributed by atoms with van der Waals surface area (Å²) >= 11 is 0. The van der Waals surface area contributed by atoms with Gasteiger partial charge in [0.05, 0.1) is 9.79 Å². The zero-order chi connectivity index (χ0) is 21.1. The van der Waals surface area contributed by atoms with Crippen LogP contribution in [0.5, 0.6) is 0 Å². The molecule has 0 bridgehead atoms. The number of aryl methyl sites for hydroxylation is 2. The van der Waals surface area contributed by atoms with Crippen LogP contribution in [0.2, 0.25) is 0 Å². The minimum Gasteiger partial charge on any atom is -0.314 e. The Bertz CT molecular complexity index is 949.